The molecule has 0 N–H and O–H groups in total. The first-order chi connectivity index (χ1) is 8.15. The Balaban J connectivity index is 2.40. The van der Waals surface area contributed by atoms with Crippen LogP contribution in [0.15, 0.2) is 24.5 Å². The number of rotatable bonds is 5. The molecule has 0 spiro atoms. The van der Waals surface area contributed by atoms with Gasteiger partial charge in [0.25, 0.3) is 5.91 Å². The highest BCUT2D eigenvalue weighted by atomic mass is 16.5. The summed E-state index contributed by atoms with van der Waals surface area (Å²) in [5.41, 5.74) is 0.549. The smallest absolute Gasteiger partial charge is 0.305 e. The maximum atomic E-state index is 11.9. The highest BCUT2D eigenvalue weighted by Gasteiger charge is 2.11. The van der Waals surface area contributed by atoms with Crippen LogP contribution in [0.5, 0.6) is 0 Å². The van der Waals surface area contributed by atoms with Gasteiger partial charge in [0.2, 0.25) is 0 Å². The van der Waals surface area contributed by atoms with Crippen LogP contribution < -0.4 is 0 Å². The van der Waals surface area contributed by atoms with Gasteiger partial charge < -0.3 is 9.64 Å². The fourth-order valence-corrected chi connectivity index (χ4v) is 1.37. The monoisotopic (exact) mass is 236 g/mol. The first kappa shape index (κ1) is 13.2. The molecule has 0 bridgehead atoms. The van der Waals surface area contributed by atoms with Crippen LogP contribution in [0.3, 0.4) is 0 Å². The summed E-state index contributed by atoms with van der Waals surface area (Å²) in [6.07, 6.45) is 4.06. The minimum atomic E-state index is -0.257. The second-order valence-corrected chi connectivity index (χ2v) is 3.65. The van der Waals surface area contributed by atoms with Crippen LogP contribution in [0.4, 0.5) is 0 Å². The van der Waals surface area contributed by atoms with Crippen LogP contribution in [0.1, 0.15) is 23.2 Å². The van der Waals surface area contributed by atoms with E-state index >= 15 is 0 Å². The Labute approximate surface area is 100 Å². The van der Waals surface area contributed by atoms with Gasteiger partial charge in [-0.15, -0.1) is 0 Å². The van der Waals surface area contributed by atoms with E-state index in [1.807, 2.05) is 0 Å². The third-order valence-corrected chi connectivity index (χ3v) is 2.36. The Kier molecular flexibility index (Phi) is 5.13. The first-order valence-electron chi connectivity index (χ1n) is 5.37. The van der Waals surface area contributed by atoms with Gasteiger partial charge in [0.1, 0.15) is 0 Å². The summed E-state index contributed by atoms with van der Waals surface area (Å²) in [6, 6.07) is 3.43. The lowest BCUT2D eigenvalue weighted by atomic mass is 10.2. The van der Waals surface area contributed by atoms with E-state index < -0.39 is 0 Å². The Morgan fingerprint density at radius 1 is 1.47 bits per heavy atom. The molecule has 1 heterocycles. The lowest BCUT2D eigenvalue weighted by Gasteiger charge is -2.16. The van der Waals surface area contributed by atoms with Gasteiger partial charge in [0.05, 0.1) is 12.7 Å². The highest BCUT2D eigenvalue weighted by molar-refractivity contribution is 5.93. The minimum absolute atomic E-state index is 0.0945. The second-order valence-electron chi connectivity index (χ2n) is 3.65. The lowest BCUT2D eigenvalue weighted by molar-refractivity contribution is -0.140. The number of aromatic nitrogens is 1. The molecule has 5 heteroatoms. The van der Waals surface area contributed by atoms with Gasteiger partial charge in [-0.25, -0.2) is 0 Å². The molecule has 92 valence electrons. The number of hydrogen-bond donors (Lipinski definition) is 0. The van der Waals surface area contributed by atoms with Gasteiger partial charge in [-0.05, 0) is 18.6 Å². The minimum Gasteiger partial charge on any atom is -0.469 e. The number of methoxy groups -OCH3 is 1. The molecule has 0 aliphatic carbocycles. The predicted octanol–water partition coefficient (Wildman–Crippen LogP) is 1.11. The zero-order chi connectivity index (χ0) is 12.7. The molecule has 1 amide bonds. The standard InChI is InChI=1S/C12H16N2O3/c1-14(8-4-6-11(15)17-2)12(16)10-5-3-7-13-9-10/h3,5,7,9H,4,6,8H2,1-2H3. The van der Waals surface area contributed by atoms with E-state index in [2.05, 4.69) is 9.72 Å². The number of nitrogens with zero attached hydrogens (tertiary/aromatic N) is 2. The average Bonchev–Trinajstić information content (AvgIpc) is 2.38. The van der Waals surface area contributed by atoms with Crippen molar-refractivity contribution in [3.05, 3.63) is 30.1 Å². The van der Waals surface area contributed by atoms with Gasteiger partial charge >= 0.3 is 5.97 Å². The molecule has 1 aromatic rings. The zero-order valence-electron chi connectivity index (χ0n) is 10.0. The number of esters is 1. The Bertz CT molecular complexity index is 379. The van der Waals surface area contributed by atoms with Gasteiger partial charge in [-0.2, -0.15) is 0 Å². The fourth-order valence-electron chi connectivity index (χ4n) is 1.37. The Morgan fingerprint density at radius 2 is 2.24 bits per heavy atom. The Morgan fingerprint density at radius 3 is 2.82 bits per heavy atom. The largest absolute Gasteiger partial charge is 0.469 e. The average molecular weight is 236 g/mol. The predicted molar refractivity (Wildman–Crippen MR) is 62.4 cm³/mol. The maximum absolute atomic E-state index is 11.9. The van der Waals surface area contributed by atoms with E-state index in [1.54, 1.807) is 30.3 Å². The van der Waals surface area contributed by atoms with E-state index in [1.165, 1.54) is 13.3 Å². The second kappa shape index (κ2) is 6.62. The molecule has 0 aliphatic heterocycles. The molecule has 0 atom stereocenters. The van der Waals surface area contributed by atoms with Crippen LogP contribution >= 0.6 is 0 Å². The van der Waals surface area contributed by atoms with Crippen molar-refractivity contribution in [3.63, 3.8) is 0 Å². The van der Waals surface area contributed by atoms with E-state index in [0.717, 1.165) is 0 Å². The molecule has 0 aromatic carbocycles. The number of carbonyl (C=O) groups is 2. The molecule has 1 rings (SSSR count). The summed E-state index contributed by atoms with van der Waals surface area (Å²) in [6.45, 7) is 0.517. The van der Waals surface area contributed by atoms with Crippen LogP contribution in [-0.2, 0) is 9.53 Å². The van der Waals surface area contributed by atoms with Gasteiger partial charge in [0, 0.05) is 32.4 Å². The summed E-state index contributed by atoms with van der Waals surface area (Å²) in [5, 5.41) is 0. The number of amides is 1. The topological polar surface area (TPSA) is 59.5 Å². The molecular weight excluding hydrogens is 220 g/mol. The first-order valence-corrected chi connectivity index (χ1v) is 5.37. The van der Waals surface area contributed by atoms with E-state index in [4.69, 9.17) is 0 Å². The van der Waals surface area contributed by atoms with Crippen molar-refractivity contribution in [1.29, 1.82) is 0 Å². The number of carbonyl (C=O) groups excluding carboxylic acids is 2. The summed E-state index contributed by atoms with van der Waals surface area (Å²) >= 11 is 0. The van der Waals surface area contributed by atoms with Crippen molar-refractivity contribution < 1.29 is 14.3 Å². The van der Waals surface area contributed by atoms with Crippen molar-refractivity contribution >= 4 is 11.9 Å². The SMILES string of the molecule is COC(=O)CCCN(C)C(=O)c1cccnc1. The summed E-state index contributed by atoms with van der Waals surface area (Å²) < 4.78 is 4.52. The lowest BCUT2D eigenvalue weighted by Crippen LogP contribution is -2.28. The molecule has 0 aliphatic rings. The van der Waals surface area contributed by atoms with E-state index in [9.17, 15) is 9.59 Å². The molecule has 0 radical (unpaired) electrons. The van der Waals surface area contributed by atoms with Crippen molar-refractivity contribution in [3.8, 4) is 0 Å². The molecular formula is C12H16N2O3. The third kappa shape index (κ3) is 4.22. The van der Waals surface area contributed by atoms with Crippen LogP contribution in [0, 0.1) is 0 Å². The van der Waals surface area contributed by atoms with E-state index in [-0.39, 0.29) is 11.9 Å². The zero-order valence-corrected chi connectivity index (χ0v) is 10.0. The van der Waals surface area contributed by atoms with Crippen LogP contribution in [0.25, 0.3) is 0 Å². The van der Waals surface area contributed by atoms with Crippen molar-refractivity contribution in [1.82, 2.24) is 9.88 Å². The van der Waals surface area contributed by atoms with Gasteiger partial charge in [-0.1, -0.05) is 0 Å². The Hall–Kier alpha value is -1.91. The quantitative estimate of drug-likeness (QED) is 0.718. The molecule has 5 nitrogen and oxygen atoms in total. The molecule has 0 unspecified atom stereocenters. The van der Waals surface area contributed by atoms with Crippen molar-refractivity contribution in [2.45, 2.75) is 12.8 Å². The normalized spacial score (nSPS) is 9.76. The van der Waals surface area contributed by atoms with Gasteiger partial charge in [-0.3, -0.25) is 14.6 Å². The number of hydrogen-bond acceptors (Lipinski definition) is 4. The molecule has 0 saturated carbocycles. The highest BCUT2D eigenvalue weighted by Crippen LogP contribution is 2.03. The van der Waals surface area contributed by atoms with Crippen molar-refractivity contribution in [2.75, 3.05) is 20.7 Å². The van der Waals surface area contributed by atoms with Gasteiger partial charge in [0.15, 0.2) is 0 Å². The molecule has 17 heavy (non-hydrogen) atoms. The summed E-state index contributed by atoms with van der Waals surface area (Å²) in [7, 11) is 3.06. The summed E-state index contributed by atoms with van der Waals surface area (Å²) in [5.74, 6) is -0.352. The van der Waals surface area contributed by atoms with Crippen molar-refractivity contribution in [2.24, 2.45) is 0 Å². The molecule has 1 aromatic heterocycles. The van der Waals surface area contributed by atoms with Crippen LogP contribution in [-0.4, -0.2) is 42.5 Å². The summed E-state index contributed by atoms with van der Waals surface area (Å²) in [4.78, 5) is 28.2. The third-order valence-electron chi connectivity index (χ3n) is 2.36. The maximum Gasteiger partial charge on any atom is 0.305 e. The number of pyridine rings is 1. The van der Waals surface area contributed by atoms with Crippen LogP contribution in [0.2, 0.25) is 0 Å². The fraction of sp³-hybridized carbons (Fsp3) is 0.417. The molecule has 0 fully saturated rings. The number of ether oxygens (including phenoxy) is 1. The van der Waals surface area contributed by atoms with E-state index in [0.29, 0.717) is 24.9 Å². The molecule has 0 saturated heterocycles.